The lowest BCUT2D eigenvalue weighted by atomic mass is 10.0. The third kappa shape index (κ3) is 3.87. The van der Waals surface area contributed by atoms with Gasteiger partial charge >= 0.3 is 0 Å². The van der Waals surface area contributed by atoms with Gasteiger partial charge in [-0.1, -0.05) is 13.8 Å². The summed E-state index contributed by atoms with van der Waals surface area (Å²) in [6.45, 7) is 8.18. The van der Waals surface area contributed by atoms with Gasteiger partial charge < -0.3 is 15.1 Å². The average Bonchev–Trinajstić information content (AvgIpc) is 2.90. The van der Waals surface area contributed by atoms with Gasteiger partial charge in [-0.15, -0.1) is 0 Å². The van der Waals surface area contributed by atoms with Gasteiger partial charge in [0.2, 0.25) is 5.91 Å². The van der Waals surface area contributed by atoms with E-state index in [1.54, 1.807) is 4.90 Å². The molecule has 1 aromatic rings. The smallest absolute Gasteiger partial charge is 0.227 e. The maximum atomic E-state index is 12.6. The van der Waals surface area contributed by atoms with Crippen LogP contribution < -0.4 is 0 Å². The van der Waals surface area contributed by atoms with Crippen LogP contribution in [-0.2, 0) is 11.2 Å². The van der Waals surface area contributed by atoms with Crippen molar-refractivity contribution in [2.45, 2.75) is 65.0 Å². The number of carbonyl (C=O) groups is 1. The Morgan fingerprint density at radius 2 is 1.96 bits per heavy atom. The van der Waals surface area contributed by atoms with Crippen molar-refractivity contribution in [3.05, 3.63) is 22.8 Å². The average molecular weight is 321 g/mol. The second-order valence-electron chi connectivity index (χ2n) is 6.49. The summed E-state index contributed by atoms with van der Waals surface area (Å²) >= 11 is 0. The number of aryl methyl sites for hydroxylation is 2. The SMILES string of the molecule is CCC(C)c1nc(C)c(CC(=O)N2C[C@H](O)C[C@H]2CO)c(C)n1. The van der Waals surface area contributed by atoms with Crippen molar-refractivity contribution in [3.63, 3.8) is 0 Å². The molecule has 1 amide bonds. The molecule has 2 rings (SSSR count). The first-order chi connectivity index (χ1) is 10.9. The molecule has 1 aliphatic heterocycles. The van der Waals surface area contributed by atoms with Crippen LogP contribution in [0.4, 0.5) is 0 Å². The van der Waals surface area contributed by atoms with Crippen molar-refractivity contribution in [1.29, 1.82) is 0 Å². The molecule has 0 radical (unpaired) electrons. The molecule has 3 atom stereocenters. The minimum atomic E-state index is -0.553. The van der Waals surface area contributed by atoms with Crippen LogP contribution in [0, 0.1) is 13.8 Å². The molecule has 0 spiro atoms. The number of carbonyl (C=O) groups excluding carboxylic acids is 1. The molecule has 2 N–H and O–H groups in total. The zero-order chi connectivity index (χ0) is 17.1. The number of nitrogens with zero attached hydrogens (tertiary/aromatic N) is 3. The molecule has 0 bridgehead atoms. The van der Waals surface area contributed by atoms with E-state index < -0.39 is 6.10 Å². The van der Waals surface area contributed by atoms with Gasteiger partial charge in [-0.2, -0.15) is 0 Å². The van der Waals surface area contributed by atoms with Gasteiger partial charge in [0.15, 0.2) is 0 Å². The number of hydrogen-bond acceptors (Lipinski definition) is 5. The second kappa shape index (κ2) is 7.36. The Balaban J connectivity index is 2.18. The predicted octanol–water partition coefficient (Wildman–Crippen LogP) is 1.10. The fraction of sp³-hybridized carbons (Fsp3) is 0.706. The molecule has 0 saturated carbocycles. The predicted molar refractivity (Wildman–Crippen MR) is 87.1 cm³/mol. The summed E-state index contributed by atoms with van der Waals surface area (Å²) in [6, 6.07) is -0.293. The molecule has 128 valence electrons. The van der Waals surface area contributed by atoms with Gasteiger partial charge in [0, 0.05) is 29.4 Å². The number of rotatable bonds is 5. The Labute approximate surface area is 137 Å². The van der Waals surface area contributed by atoms with Crippen molar-refractivity contribution in [2.75, 3.05) is 13.2 Å². The normalized spacial score (nSPS) is 22.4. The highest BCUT2D eigenvalue weighted by Crippen LogP contribution is 2.22. The van der Waals surface area contributed by atoms with E-state index in [9.17, 15) is 15.0 Å². The summed E-state index contributed by atoms with van der Waals surface area (Å²) in [7, 11) is 0. The molecule has 1 aromatic heterocycles. The molecular weight excluding hydrogens is 294 g/mol. The van der Waals surface area contributed by atoms with Crippen molar-refractivity contribution in [3.8, 4) is 0 Å². The van der Waals surface area contributed by atoms with Gasteiger partial charge in [-0.25, -0.2) is 9.97 Å². The summed E-state index contributed by atoms with van der Waals surface area (Å²) in [5, 5.41) is 19.1. The monoisotopic (exact) mass is 321 g/mol. The maximum Gasteiger partial charge on any atom is 0.227 e. The Hall–Kier alpha value is -1.53. The summed E-state index contributed by atoms with van der Waals surface area (Å²) in [5.41, 5.74) is 2.52. The highest BCUT2D eigenvalue weighted by Gasteiger charge is 2.34. The van der Waals surface area contributed by atoms with E-state index in [2.05, 4.69) is 23.8 Å². The van der Waals surface area contributed by atoms with Crippen LogP contribution in [0.2, 0.25) is 0 Å². The molecule has 1 fully saturated rings. The Morgan fingerprint density at radius 1 is 1.35 bits per heavy atom. The topological polar surface area (TPSA) is 86.6 Å². The lowest BCUT2D eigenvalue weighted by Crippen LogP contribution is -2.39. The molecule has 1 saturated heterocycles. The number of aromatic nitrogens is 2. The molecular formula is C17H27N3O3. The summed E-state index contributed by atoms with van der Waals surface area (Å²) in [5.74, 6) is 1.03. The minimum Gasteiger partial charge on any atom is -0.394 e. The van der Waals surface area contributed by atoms with Crippen LogP contribution in [0.5, 0.6) is 0 Å². The van der Waals surface area contributed by atoms with Gasteiger partial charge in [0.05, 0.1) is 25.2 Å². The van der Waals surface area contributed by atoms with E-state index in [4.69, 9.17) is 0 Å². The zero-order valence-electron chi connectivity index (χ0n) is 14.4. The first-order valence-electron chi connectivity index (χ1n) is 8.29. The number of aliphatic hydroxyl groups is 2. The van der Waals surface area contributed by atoms with E-state index in [1.165, 1.54) is 0 Å². The highest BCUT2D eigenvalue weighted by atomic mass is 16.3. The number of hydrogen-bond donors (Lipinski definition) is 2. The Morgan fingerprint density at radius 3 is 2.48 bits per heavy atom. The summed E-state index contributed by atoms with van der Waals surface area (Å²) < 4.78 is 0. The van der Waals surface area contributed by atoms with Gasteiger partial charge in [-0.3, -0.25) is 4.79 Å². The second-order valence-corrected chi connectivity index (χ2v) is 6.49. The standard InChI is InChI=1S/C17H27N3O3/c1-5-10(2)17-18-11(3)15(12(4)19-17)7-16(23)20-8-14(22)6-13(20)9-21/h10,13-14,21-22H,5-9H2,1-4H3/t10?,13-,14+/m0/s1. The molecule has 0 aromatic carbocycles. The molecule has 2 heterocycles. The molecule has 6 nitrogen and oxygen atoms in total. The number of aliphatic hydroxyl groups excluding tert-OH is 2. The van der Waals surface area contributed by atoms with Crippen LogP contribution in [0.1, 0.15) is 55.4 Å². The van der Waals surface area contributed by atoms with Gasteiger partial charge in [0.25, 0.3) is 0 Å². The first kappa shape index (κ1) is 17.8. The fourth-order valence-corrected chi connectivity index (χ4v) is 3.05. The van der Waals surface area contributed by atoms with Crippen LogP contribution in [-0.4, -0.2) is 56.3 Å². The zero-order valence-corrected chi connectivity index (χ0v) is 14.4. The van der Waals surface area contributed by atoms with E-state index >= 15 is 0 Å². The Bertz CT molecular complexity index is 553. The quantitative estimate of drug-likeness (QED) is 0.848. The highest BCUT2D eigenvalue weighted by molar-refractivity contribution is 5.80. The first-order valence-corrected chi connectivity index (χ1v) is 8.29. The van der Waals surface area contributed by atoms with Crippen molar-refractivity contribution < 1.29 is 15.0 Å². The van der Waals surface area contributed by atoms with Crippen LogP contribution in [0.3, 0.4) is 0 Å². The lowest BCUT2D eigenvalue weighted by molar-refractivity contribution is -0.132. The molecule has 6 heteroatoms. The van der Waals surface area contributed by atoms with E-state index in [0.717, 1.165) is 29.2 Å². The van der Waals surface area contributed by atoms with Crippen molar-refractivity contribution in [2.24, 2.45) is 0 Å². The van der Waals surface area contributed by atoms with E-state index in [0.29, 0.717) is 12.3 Å². The van der Waals surface area contributed by atoms with E-state index in [1.807, 2.05) is 13.8 Å². The molecule has 1 aliphatic rings. The number of β-amino-alcohol motifs (C(OH)–C–C–N with tert-alkyl or cyclic N) is 1. The molecule has 23 heavy (non-hydrogen) atoms. The minimum absolute atomic E-state index is 0.0910. The summed E-state index contributed by atoms with van der Waals surface area (Å²) in [4.78, 5) is 23.2. The van der Waals surface area contributed by atoms with Crippen molar-refractivity contribution in [1.82, 2.24) is 14.9 Å². The summed E-state index contributed by atoms with van der Waals surface area (Å²) in [6.07, 6.45) is 1.06. The largest absolute Gasteiger partial charge is 0.394 e. The van der Waals surface area contributed by atoms with Crippen LogP contribution in [0.25, 0.3) is 0 Å². The van der Waals surface area contributed by atoms with Crippen molar-refractivity contribution >= 4 is 5.91 Å². The van der Waals surface area contributed by atoms with E-state index in [-0.39, 0.29) is 31.5 Å². The Kier molecular flexibility index (Phi) is 5.70. The third-order valence-corrected chi connectivity index (χ3v) is 4.74. The molecule has 0 aliphatic carbocycles. The van der Waals surface area contributed by atoms with Crippen LogP contribution in [0.15, 0.2) is 0 Å². The molecule has 1 unspecified atom stereocenters. The van der Waals surface area contributed by atoms with Crippen LogP contribution >= 0.6 is 0 Å². The van der Waals surface area contributed by atoms with Gasteiger partial charge in [0.1, 0.15) is 5.82 Å². The number of amides is 1. The number of likely N-dealkylation sites (tertiary alicyclic amines) is 1. The lowest BCUT2D eigenvalue weighted by Gasteiger charge is -2.23. The fourth-order valence-electron chi connectivity index (χ4n) is 3.05. The maximum absolute atomic E-state index is 12.6. The third-order valence-electron chi connectivity index (χ3n) is 4.74. The van der Waals surface area contributed by atoms with Gasteiger partial charge in [-0.05, 0) is 26.7 Å².